The molecule has 0 aliphatic heterocycles. The van der Waals surface area contributed by atoms with Crippen molar-refractivity contribution in [2.24, 2.45) is 0 Å². The third-order valence-corrected chi connectivity index (χ3v) is 3.33. The largest absolute Gasteiger partial charge is 0.469 e. The van der Waals surface area contributed by atoms with Crippen molar-refractivity contribution in [2.75, 3.05) is 26.8 Å². The average Bonchev–Trinajstić information content (AvgIpc) is 2.91. The molecule has 1 heterocycles. The van der Waals surface area contributed by atoms with Gasteiger partial charge in [-0.2, -0.15) is 0 Å². The summed E-state index contributed by atoms with van der Waals surface area (Å²) in [5, 5.41) is 0. The van der Waals surface area contributed by atoms with Crippen molar-refractivity contribution in [1.29, 1.82) is 0 Å². The Hall–Kier alpha value is -1.34. The molecule has 7 heteroatoms. The summed E-state index contributed by atoms with van der Waals surface area (Å²) in [6.07, 6.45) is 0.988. The topological polar surface area (TPSA) is 69.0 Å². The van der Waals surface area contributed by atoms with Crippen molar-refractivity contribution in [3.8, 4) is 0 Å². The second-order valence-electron chi connectivity index (χ2n) is 5.00. The Morgan fingerprint density at radius 3 is 2.59 bits per heavy atom. The first kappa shape index (κ1) is 18.7. The standard InChI is InChI=1S/C15H22BrNO5/c1-11(2)21-10-4-8-17(9-7-14(18)20-3)15(19)12-5-6-13(16)22-12/h5-6,11H,4,7-10H2,1-3H3. The van der Waals surface area contributed by atoms with Crippen molar-refractivity contribution in [2.45, 2.75) is 32.8 Å². The van der Waals surface area contributed by atoms with E-state index in [2.05, 4.69) is 20.7 Å². The zero-order chi connectivity index (χ0) is 16.5. The number of amides is 1. The molecule has 0 fully saturated rings. The average molecular weight is 376 g/mol. The maximum Gasteiger partial charge on any atom is 0.307 e. The molecule has 1 amide bonds. The minimum absolute atomic E-state index is 0.148. The summed E-state index contributed by atoms with van der Waals surface area (Å²) in [5.74, 6) is -0.363. The molecule has 0 bridgehead atoms. The lowest BCUT2D eigenvalue weighted by Crippen LogP contribution is -2.34. The van der Waals surface area contributed by atoms with Gasteiger partial charge in [-0.05, 0) is 48.3 Å². The first-order valence-corrected chi connectivity index (χ1v) is 7.96. The van der Waals surface area contributed by atoms with Crippen molar-refractivity contribution < 1.29 is 23.5 Å². The number of nitrogens with zero attached hydrogens (tertiary/aromatic N) is 1. The summed E-state index contributed by atoms with van der Waals surface area (Å²) < 4.78 is 15.9. The first-order chi connectivity index (χ1) is 10.4. The second-order valence-corrected chi connectivity index (χ2v) is 5.78. The molecule has 1 aromatic rings. The number of rotatable bonds is 9. The van der Waals surface area contributed by atoms with Gasteiger partial charge in [0.15, 0.2) is 10.4 Å². The van der Waals surface area contributed by atoms with Gasteiger partial charge in [0, 0.05) is 19.7 Å². The SMILES string of the molecule is COC(=O)CCN(CCCOC(C)C)C(=O)c1ccc(Br)o1. The van der Waals surface area contributed by atoms with Gasteiger partial charge in [-0.3, -0.25) is 9.59 Å². The normalized spacial score (nSPS) is 10.8. The van der Waals surface area contributed by atoms with Crippen LogP contribution in [0.2, 0.25) is 0 Å². The van der Waals surface area contributed by atoms with Crippen LogP contribution in [0.25, 0.3) is 0 Å². The smallest absolute Gasteiger partial charge is 0.307 e. The fraction of sp³-hybridized carbons (Fsp3) is 0.600. The van der Waals surface area contributed by atoms with Crippen LogP contribution in [0.1, 0.15) is 37.2 Å². The van der Waals surface area contributed by atoms with E-state index in [1.165, 1.54) is 7.11 Å². The van der Waals surface area contributed by atoms with E-state index in [4.69, 9.17) is 9.15 Å². The lowest BCUT2D eigenvalue weighted by molar-refractivity contribution is -0.140. The van der Waals surface area contributed by atoms with Crippen molar-refractivity contribution in [1.82, 2.24) is 4.90 Å². The molecule has 0 aliphatic carbocycles. The van der Waals surface area contributed by atoms with Crippen LogP contribution in [0.3, 0.4) is 0 Å². The third kappa shape index (κ3) is 6.62. The van der Waals surface area contributed by atoms with E-state index in [0.29, 0.717) is 24.2 Å². The number of halogens is 1. The lowest BCUT2D eigenvalue weighted by atomic mass is 10.3. The fourth-order valence-electron chi connectivity index (χ4n) is 1.80. The van der Waals surface area contributed by atoms with E-state index in [-0.39, 0.29) is 36.7 Å². The third-order valence-electron chi connectivity index (χ3n) is 2.91. The van der Waals surface area contributed by atoms with Crippen LogP contribution in [0.15, 0.2) is 21.2 Å². The number of carbonyl (C=O) groups is 2. The molecule has 0 aliphatic rings. The van der Waals surface area contributed by atoms with Gasteiger partial charge in [-0.15, -0.1) is 0 Å². The number of hydrogen-bond donors (Lipinski definition) is 0. The predicted octanol–water partition coefficient (Wildman–Crippen LogP) is 2.86. The number of furan rings is 1. The van der Waals surface area contributed by atoms with Gasteiger partial charge in [0.25, 0.3) is 5.91 Å². The van der Waals surface area contributed by atoms with E-state index in [1.54, 1.807) is 17.0 Å². The maximum absolute atomic E-state index is 12.4. The van der Waals surface area contributed by atoms with E-state index < -0.39 is 0 Å². The summed E-state index contributed by atoms with van der Waals surface area (Å²) in [4.78, 5) is 25.3. The van der Waals surface area contributed by atoms with E-state index in [1.807, 2.05) is 13.8 Å². The Balaban J connectivity index is 2.60. The molecule has 0 saturated heterocycles. The van der Waals surface area contributed by atoms with Gasteiger partial charge in [-0.1, -0.05) is 0 Å². The highest BCUT2D eigenvalue weighted by Crippen LogP contribution is 2.16. The minimum atomic E-state index is -0.350. The molecule has 6 nitrogen and oxygen atoms in total. The van der Waals surface area contributed by atoms with Crippen molar-refractivity contribution >= 4 is 27.8 Å². The summed E-state index contributed by atoms with van der Waals surface area (Å²) in [7, 11) is 1.33. The quantitative estimate of drug-likeness (QED) is 0.490. The first-order valence-electron chi connectivity index (χ1n) is 7.17. The summed E-state index contributed by atoms with van der Waals surface area (Å²) >= 11 is 3.17. The number of methoxy groups -OCH3 is 1. The molecule has 0 spiro atoms. The van der Waals surface area contributed by atoms with Crippen LogP contribution in [-0.2, 0) is 14.3 Å². The van der Waals surface area contributed by atoms with E-state index in [0.717, 1.165) is 0 Å². The summed E-state index contributed by atoms with van der Waals surface area (Å²) in [6.45, 7) is 5.25. The summed E-state index contributed by atoms with van der Waals surface area (Å²) in [5.41, 5.74) is 0. The van der Waals surface area contributed by atoms with Gasteiger partial charge in [0.1, 0.15) is 0 Å². The van der Waals surface area contributed by atoms with Crippen LogP contribution in [0.5, 0.6) is 0 Å². The van der Waals surface area contributed by atoms with Crippen LogP contribution in [0, 0.1) is 0 Å². The Morgan fingerprint density at radius 1 is 1.32 bits per heavy atom. The highest BCUT2D eigenvalue weighted by atomic mass is 79.9. The molecule has 124 valence electrons. The number of hydrogen-bond acceptors (Lipinski definition) is 5. The molecule has 0 saturated carbocycles. The second kappa shape index (κ2) is 9.63. The Bertz CT molecular complexity index is 486. The van der Waals surface area contributed by atoms with Gasteiger partial charge >= 0.3 is 5.97 Å². The van der Waals surface area contributed by atoms with Gasteiger partial charge in [0.05, 0.1) is 19.6 Å². The fourth-order valence-corrected chi connectivity index (χ4v) is 2.11. The maximum atomic E-state index is 12.4. The molecule has 1 rings (SSSR count). The Morgan fingerprint density at radius 2 is 2.05 bits per heavy atom. The molecule has 0 aromatic carbocycles. The van der Waals surface area contributed by atoms with Crippen LogP contribution >= 0.6 is 15.9 Å². The molecular formula is C15H22BrNO5. The Kier molecular flexibility index (Phi) is 8.19. The van der Waals surface area contributed by atoms with E-state index >= 15 is 0 Å². The van der Waals surface area contributed by atoms with Gasteiger partial charge in [-0.25, -0.2) is 0 Å². The van der Waals surface area contributed by atoms with Gasteiger partial charge < -0.3 is 18.8 Å². The van der Waals surface area contributed by atoms with Gasteiger partial charge in [0.2, 0.25) is 0 Å². The molecule has 22 heavy (non-hydrogen) atoms. The zero-order valence-electron chi connectivity index (χ0n) is 13.1. The van der Waals surface area contributed by atoms with Crippen molar-refractivity contribution in [3.05, 3.63) is 22.6 Å². The molecule has 0 radical (unpaired) electrons. The molecule has 0 unspecified atom stereocenters. The molecular weight excluding hydrogens is 354 g/mol. The predicted molar refractivity (Wildman–Crippen MR) is 84.6 cm³/mol. The van der Waals surface area contributed by atoms with Crippen molar-refractivity contribution in [3.63, 3.8) is 0 Å². The lowest BCUT2D eigenvalue weighted by Gasteiger charge is -2.21. The monoisotopic (exact) mass is 375 g/mol. The molecule has 0 N–H and O–H groups in total. The van der Waals surface area contributed by atoms with E-state index in [9.17, 15) is 9.59 Å². The minimum Gasteiger partial charge on any atom is -0.469 e. The van der Waals surface area contributed by atoms with Crippen LogP contribution in [0.4, 0.5) is 0 Å². The highest BCUT2D eigenvalue weighted by Gasteiger charge is 2.20. The molecule has 0 atom stereocenters. The summed E-state index contributed by atoms with van der Waals surface area (Å²) in [6, 6.07) is 3.26. The number of ether oxygens (including phenoxy) is 2. The molecule has 1 aromatic heterocycles. The Labute approximate surface area is 138 Å². The zero-order valence-corrected chi connectivity index (χ0v) is 14.7. The highest BCUT2D eigenvalue weighted by molar-refractivity contribution is 9.10. The van der Waals surface area contributed by atoms with Crippen LogP contribution in [-0.4, -0.2) is 49.7 Å². The number of esters is 1. The van der Waals surface area contributed by atoms with Crippen LogP contribution < -0.4 is 0 Å². The number of carbonyl (C=O) groups excluding carboxylic acids is 2.